The van der Waals surface area contributed by atoms with E-state index in [1.54, 1.807) is 0 Å². The monoisotopic (exact) mass is 286 g/mol. The number of hydrogen-bond acceptors (Lipinski definition) is 3. The average molecular weight is 286 g/mol. The molecule has 0 radical (unpaired) electrons. The first-order chi connectivity index (χ1) is 10.3. The van der Waals surface area contributed by atoms with Crippen molar-refractivity contribution in [3.05, 3.63) is 34.9 Å². The molecule has 114 valence electrons. The molecule has 0 amide bonds. The van der Waals surface area contributed by atoms with Gasteiger partial charge in [-0.05, 0) is 50.3 Å². The SMILES string of the molecule is Cc1ccc2c(c1)C(NCC1CN3CCCC3CO1)CC2. The molecule has 0 bridgehead atoms. The minimum absolute atomic E-state index is 0.369. The molecule has 2 fully saturated rings. The van der Waals surface area contributed by atoms with Crippen molar-refractivity contribution in [3.63, 3.8) is 0 Å². The Morgan fingerprint density at radius 1 is 1.33 bits per heavy atom. The number of ether oxygens (including phenoxy) is 1. The Bertz CT molecular complexity index is 516. The highest BCUT2D eigenvalue weighted by atomic mass is 16.5. The number of morpholine rings is 1. The molecule has 1 aromatic rings. The van der Waals surface area contributed by atoms with E-state index in [-0.39, 0.29) is 0 Å². The third kappa shape index (κ3) is 2.75. The van der Waals surface area contributed by atoms with Gasteiger partial charge in [-0.1, -0.05) is 23.8 Å². The molecule has 3 atom stereocenters. The van der Waals surface area contributed by atoms with E-state index in [1.165, 1.54) is 48.9 Å². The van der Waals surface area contributed by atoms with E-state index >= 15 is 0 Å². The molecule has 1 aliphatic carbocycles. The number of aryl methyl sites for hydroxylation is 2. The summed E-state index contributed by atoms with van der Waals surface area (Å²) < 4.78 is 6.06. The maximum absolute atomic E-state index is 6.06. The molecular formula is C18H26N2O. The van der Waals surface area contributed by atoms with Gasteiger partial charge in [0, 0.05) is 25.2 Å². The maximum atomic E-state index is 6.06. The van der Waals surface area contributed by atoms with Crippen molar-refractivity contribution in [1.82, 2.24) is 10.2 Å². The third-order valence-corrected chi connectivity index (χ3v) is 5.43. The Morgan fingerprint density at radius 3 is 3.24 bits per heavy atom. The van der Waals surface area contributed by atoms with Crippen LogP contribution >= 0.6 is 0 Å². The van der Waals surface area contributed by atoms with Gasteiger partial charge in [-0.3, -0.25) is 4.90 Å². The van der Waals surface area contributed by atoms with E-state index in [0.29, 0.717) is 18.2 Å². The van der Waals surface area contributed by atoms with Crippen LogP contribution in [0.15, 0.2) is 18.2 Å². The van der Waals surface area contributed by atoms with Crippen molar-refractivity contribution < 1.29 is 4.74 Å². The molecule has 3 unspecified atom stereocenters. The van der Waals surface area contributed by atoms with Crippen molar-refractivity contribution in [2.24, 2.45) is 0 Å². The second kappa shape index (κ2) is 5.71. The molecule has 0 aromatic heterocycles. The first kappa shape index (κ1) is 13.7. The quantitative estimate of drug-likeness (QED) is 0.923. The summed E-state index contributed by atoms with van der Waals surface area (Å²) in [6.07, 6.45) is 5.50. The number of benzene rings is 1. The van der Waals surface area contributed by atoms with Crippen LogP contribution < -0.4 is 5.32 Å². The third-order valence-electron chi connectivity index (χ3n) is 5.43. The van der Waals surface area contributed by atoms with Crippen LogP contribution in [0.1, 0.15) is 42.0 Å². The number of hydrogen-bond donors (Lipinski definition) is 1. The van der Waals surface area contributed by atoms with Crippen LogP contribution in [0.25, 0.3) is 0 Å². The normalized spacial score (nSPS) is 32.1. The Labute approximate surface area is 127 Å². The summed E-state index contributed by atoms with van der Waals surface area (Å²) in [5.74, 6) is 0. The maximum Gasteiger partial charge on any atom is 0.0827 e. The van der Waals surface area contributed by atoms with Gasteiger partial charge >= 0.3 is 0 Å². The minimum Gasteiger partial charge on any atom is -0.374 e. The summed E-state index contributed by atoms with van der Waals surface area (Å²) in [5, 5.41) is 3.76. The standard InChI is InChI=1S/C18H26N2O/c1-13-4-5-14-6-7-18(17(14)9-13)19-10-16-11-20-8-2-3-15(20)12-21-16/h4-5,9,15-16,18-19H,2-3,6-8,10-12H2,1H3. The largest absolute Gasteiger partial charge is 0.374 e. The zero-order valence-corrected chi connectivity index (χ0v) is 13.0. The molecule has 4 rings (SSSR count). The minimum atomic E-state index is 0.369. The van der Waals surface area contributed by atoms with Crippen LogP contribution in [0.4, 0.5) is 0 Å². The average Bonchev–Trinajstić information content (AvgIpc) is 3.10. The highest BCUT2D eigenvalue weighted by molar-refractivity contribution is 5.37. The van der Waals surface area contributed by atoms with Gasteiger partial charge in [0.2, 0.25) is 0 Å². The van der Waals surface area contributed by atoms with E-state index in [9.17, 15) is 0 Å². The lowest BCUT2D eigenvalue weighted by Crippen LogP contribution is -2.49. The lowest BCUT2D eigenvalue weighted by molar-refractivity contribution is -0.0478. The van der Waals surface area contributed by atoms with Crippen molar-refractivity contribution in [2.75, 3.05) is 26.2 Å². The van der Waals surface area contributed by atoms with Gasteiger partial charge in [0.05, 0.1) is 12.7 Å². The zero-order valence-electron chi connectivity index (χ0n) is 13.0. The molecule has 2 saturated heterocycles. The first-order valence-electron chi connectivity index (χ1n) is 8.48. The second-order valence-electron chi connectivity index (χ2n) is 6.95. The van der Waals surface area contributed by atoms with E-state index in [2.05, 4.69) is 35.3 Å². The highest BCUT2D eigenvalue weighted by Crippen LogP contribution is 2.32. The zero-order chi connectivity index (χ0) is 14.2. The van der Waals surface area contributed by atoms with Gasteiger partial charge in [0.15, 0.2) is 0 Å². The highest BCUT2D eigenvalue weighted by Gasteiger charge is 2.32. The van der Waals surface area contributed by atoms with Crippen molar-refractivity contribution in [2.45, 2.75) is 50.8 Å². The fourth-order valence-corrected chi connectivity index (χ4v) is 4.22. The summed E-state index contributed by atoms with van der Waals surface area (Å²) in [7, 11) is 0. The second-order valence-corrected chi connectivity index (χ2v) is 6.95. The van der Waals surface area contributed by atoms with E-state index in [4.69, 9.17) is 4.74 Å². The molecule has 3 heteroatoms. The molecule has 21 heavy (non-hydrogen) atoms. The van der Waals surface area contributed by atoms with Gasteiger partial charge < -0.3 is 10.1 Å². The first-order valence-corrected chi connectivity index (χ1v) is 8.48. The summed E-state index contributed by atoms with van der Waals surface area (Å²) in [5.41, 5.74) is 4.42. The Morgan fingerprint density at radius 2 is 2.29 bits per heavy atom. The van der Waals surface area contributed by atoms with Crippen LogP contribution in [-0.2, 0) is 11.2 Å². The summed E-state index contributed by atoms with van der Waals surface area (Å²) in [6.45, 7) is 6.50. The van der Waals surface area contributed by atoms with Gasteiger partial charge in [0.25, 0.3) is 0 Å². The van der Waals surface area contributed by atoms with Crippen LogP contribution in [0, 0.1) is 6.92 Å². The Kier molecular flexibility index (Phi) is 3.74. The molecule has 2 aliphatic heterocycles. The molecule has 3 nitrogen and oxygen atoms in total. The van der Waals surface area contributed by atoms with Gasteiger partial charge in [-0.2, -0.15) is 0 Å². The van der Waals surface area contributed by atoms with Crippen molar-refractivity contribution in [3.8, 4) is 0 Å². The number of nitrogens with one attached hydrogen (secondary N) is 1. The Hall–Kier alpha value is -0.900. The fraction of sp³-hybridized carbons (Fsp3) is 0.667. The van der Waals surface area contributed by atoms with Gasteiger partial charge in [0.1, 0.15) is 0 Å². The number of fused-ring (bicyclic) bond motifs is 2. The molecule has 1 N–H and O–H groups in total. The predicted octanol–water partition coefficient (Wildman–Crippen LogP) is 2.44. The number of nitrogens with zero attached hydrogens (tertiary/aromatic N) is 1. The van der Waals surface area contributed by atoms with Crippen molar-refractivity contribution in [1.29, 1.82) is 0 Å². The van der Waals surface area contributed by atoms with Crippen LogP contribution in [-0.4, -0.2) is 43.3 Å². The summed E-state index contributed by atoms with van der Waals surface area (Å²) in [4.78, 5) is 2.63. The number of rotatable bonds is 3. The van der Waals surface area contributed by atoms with E-state index < -0.39 is 0 Å². The van der Waals surface area contributed by atoms with Crippen LogP contribution in [0.2, 0.25) is 0 Å². The molecule has 0 spiro atoms. The lowest BCUT2D eigenvalue weighted by Gasteiger charge is -2.35. The molecule has 1 aromatic carbocycles. The topological polar surface area (TPSA) is 24.5 Å². The summed E-state index contributed by atoms with van der Waals surface area (Å²) in [6, 6.07) is 8.13. The lowest BCUT2D eigenvalue weighted by atomic mass is 10.0. The summed E-state index contributed by atoms with van der Waals surface area (Å²) >= 11 is 0. The molecule has 0 saturated carbocycles. The predicted molar refractivity (Wildman–Crippen MR) is 84.6 cm³/mol. The molecule has 2 heterocycles. The van der Waals surface area contributed by atoms with Gasteiger partial charge in [-0.25, -0.2) is 0 Å². The smallest absolute Gasteiger partial charge is 0.0827 e. The fourth-order valence-electron chi connectivity index (χ4n) is 4.22. The van der Waals surface area contributed by atoms with E-state index in [1.807, 2.05) is 0 Å². The van der Waals surface area contributed by atoms with E-state index in [0.717, 1.165) is 19.7 Å². The molecular weight excluding hydrogens is 260 g/mol. The van der Waals surface area contributed by atoms with Crippen LogP contribution in [0.5, 0.6) is 0 Å². The van der Waals surface area contributed by atoms with Gasteiger partial charge in [-0.15, -0.1) is 0 Å². The van der Waals surface area contributed by atoms with Crippen LogP contribution in [0.3, 0.4) is 0 Å². The molecule has 3 aliphatic rings. The van der Waals surface area contributed by atoms with Crippen molar-refractivity contribution >= 4 is 0 Å². The Balaban J connectivity index is 1.35.